The first-order valence-corrected chi connectivity index (χ1v) is 3.58. The Balaban J connectivity index is 3.62. The Bertz CT molecular complexity index is 183. The zero-order valence-electron chi connectivity index (χ0n) is 6.83. The Kier molecular flexibility index (Phi) is 5.03. The predicted octanol–water partition coefficient (Wildman–Crippen LogP) is 1.02. The molecule has 0 aliphatic rings. The molecule has 0 saturated heterocycles. The van der Waals surface area contributed by atoms with Crippen molar-refractivity contribution in [3.8, 4) is 0 Å². The van der Waals surface area contributed by atoms with Crippen LogP contribution in [0.4, 0.5) is 0 Å². The first-order valence-electron chi connectivity index (χ1n) is 3.58. The smallest absolute Gasteiger partial charge is 0.416 e. The molecule has 0 radical (unpaired) electrons. The van der Waals surface area contributed by atoms with Gasteiger partial charge in [-0.1, -0.05) is 13.3 Å². The lowest BCUT2D eigenvalue weighted by Gasteiger charge is -1.96. The lowest BCUT2D eigenvalue weighted by Crippen LogP contribution is -2.15. The fraction of sp³-hybridized carbons (Fsp3) is 0.714. The molecule has 0 rings (SSSR count). The van der Waals surface area contributed by atoms with Crippen LogP contribution in [0.25, 0.3) is 5.53 Å². The van der Waals surface area contributed by atoms with Crippen molar-refractivity contribution in [2.24, 2.45) is 0 Å². The van der Waals surface area contributed by atoms with Gasteiger partial charge in [0.15, 0.2) is 0 Å². The molecule has 0 unspecified atom stereocenters. The molecular formula is C7H12N2O2. The summed E-state index contributed by atoms with van der Waals surface area (Å²) in [5.41, 5.74) is 8.14. The van der Waals surface area contributed by atoms with E-state index in [9.17, 15) is 4.79 Å². The van der Waals surface area contributed by atoms with Gasteiger partial charge in [-0.05, 0) is 6.42 Å². The summed E-state index contributed by atoms with van der Waals surface area (Å²) in [6, 6.07) is 0. The second-order valence-corrected chi connectivity index (χ2v) is 2.17. The van der Waals surface area contributed by atoms with Crippen LogP contribution in [0.5, 0.6) is 0 Å². The first kappa shape index (κ1) is 9.85. The molecule has 0 amide bonds. The fourth-order valence-electron chi connectivity index (χ4n) is 0.454. The molecule has 0 aliphatic heterocycles. The zero-order valence-corrected chi connectivity index (χ0v) is 6.83. The molecule has 0 fully saturated rings. The van der Waals surface area contributed by atoms with Crippen LogP contribution < -0.4 is 0 Å². The van der Waals surface area contributed by atoms with E-state index in [4.69, 9.17) is 10.3 Å². The molecule has 4 nitrogen and oxygen atoms in total. The summed E-state index contributed by atoms with van der Waals surface area (Å²) in [5.74, 6) is -0.555. The van der Waals surface area contributed by atoms with Crippen molar-refractivity contribution in [3.05, 3.63) is 5.53 Å². The third-order valence-corrected chi connectivity index (χ3v) is 1.18. The van der Waals surface area contributed by atoms with Crippen molar-refractivity contribution in [3.63, 3.8) is 0 Å². The number of unbranched alkanes of at least 4 members (excludes halogenated alkanes) is 1. The normalized spacial score (nSPS) is 8.55. The van der Waals surface area contributed by atoms with Gasteiger partial charge < -0.3 is 10.3 Å². The number of esters is 1. The lowest BCUT2D eigenvalue weighted by atomic mass is 10.3. The van der Waals surface area contributed by atoms with Crippen LogP contribution in [0.1, 0.15) is 26.7 Å². The van der Waals surface area contributed by atoms with Crippen LogP contribution in [0.3, 0.4) is 0 Å². The average Bonchev–Trinajstić information content (AvgIpc) is 2.03. The molecule has 4 heteroatoms. The minimum atomic E-state index is -0.555. The van der Waals surface area contributed by atoms with Crippen LogP contribution in [-0.4, -0.2) is 23.1 Å². The maximum atomic E-state index is 10.7. The number of rotatable bonds is 4. The summed E-state index contributed by atoms with van der Waals surface area (Å²) in [7, 11) is 0. The summed E-state index contributed by atoms with van der Waals surface area (Å²) in [6.45, 7) is 3.79. The van der Waals surface area contributed by atoms with Crippen molar-refractivity contribution in [1.29, 1.82) is 0 Å². The molecule has 0 bridgehead atoms. The third kappa shape index (κ3) is 4.28. The maximum Gasteiger partial charge on any atom is 0.416 e. The van der Waals surface area contributed by atoms with E-state index in [1.54, 1.807) is 0 Å². The fourth-order valence-corrected chi connectivity index (χ4v) is 0.454. The van der Waals surface area contributed by atoms with E-state index in [1.165, 1.54) is 6.92 Å². The number of carbonyl (C=O) groups excluding carboxylic acids is 1. The lowest BCUT2D eigenvalue weighted by molar-refractivity contribution is -0.140. The molecule has 0 aromatic carbocycles. The molecule has 0 heterocycles. The van der Waals surface area contributed by atoms with E-state index >= 15 is 0 Å². The molecule has 0 aromatic rings. The number of hydrogen-bond donors (Lipinski definition) is 0. The largest absolute Gasteiger partial charge is 0.457 e. The highest BCUT2D eigenvalue weighted by atomic mass is 16.5. The number of ether oxygens (including phenoxy) is 1. The van der Waals surface area contributed by atoms with Gasteiger partial charge >= 0.3 is 11.7 Å². The minimum Gasteiger partial charge on any atom is -0.457 e. The van der Waals surface area contributed by atoms with Crippen molar-refractivity contribution >= 4 is 11.7 Å². The molecule has 0 aromatic heterocycles. The molecule has 0 spiro atoms. The maximum absolute atomic E-state index is 10.7. The van der Waals surface area contributed by atoms with Gasteiger partial charge in [-0.15, -0.1) is 0 Å². The van der Waals surface area contributed by atoms with E-state index in [2.05, 4.69) is 4.79 Å². The van der Waals surface area contributed by atoms with E-state index in [0.717, 1.165) is 12.8 Å². The zero-order chi connectivity index (χ0) is 8.69. The van der Waals surface area contributed by atoms with Crippen LogP contribution in [0.15, 0.2) is 0 Å². The van der Waals surface area contributed by atoms with Crippen molar-refractivity contribution in [1.82, 2.24) is 0 Å². The highest BCUT2D eigenvalue weighted by molar-refractivity contribution is 6.32. The van der Waals surface area contributed by atoms with E-state index < -0.39 is 5.97 Å². The third-order valence-electron chi connectivity index (χ3n) is 1.18. The van der Waals surface area contributed by atoms with Gasteiger partial charge in [0.05, 0.1) is 6.61 Å². The van der Waals surface area contributed by atoms with Crippen LogP contribution in [0, 0.1) is 0 Å². The Hall–Kier alpha value is -1.15. The Morgan fingerprint density at radius 3 is 2.73 bits per heavy atom. The van der Waals surface area contributed by atoms with Gasteiger partial charge in [0.2, 0.25) is 0 Å². The topological polar surface area (TPSA) is 62.7 Å². The highest BCUT2D eigenvalue weighted by Crippen LogP contribution is 1.88. The van der Waals surface area contributed by atoms with Gasteiger partial charge in [-0.2, -0.15) is 4.79 Å². The summed E-state index contributed by atoms with van der Waals surface area (Å²) >= 11 is 0. The SMILES string of the molecule is CCCCOC(=O)C(C)=[N+]=[N-]. The average molecular weight is 156 g/mol. The quantitative estimate of drug-likeness (QED) is 0.200. The molecule has 0 saturated carbocycles. The second-order valence-electron chi connectivity index (χ2n) is 2.17. The summed E-state index contributed by atoms with van der Waals surface area (Å²) in [6.07, 6.45) is 1.81. The van der Waals surface area contributed by atoms with E-state index in [1.807, 2.05) is 6.92 Å². The minimum absolute atomic E-state index is 0.0129. The summed E-state index contributed by atoms with van der Waals surface area (Å²) in [5, 5.41) is 0. The van der Waals surface area contributed by atoms with E-state index in [-0.39, 0.29) is 5.71 Å². The van der Waals surface area contributed by atoms with Gasteiger partial charge in [0.1, 0.15) is 0 Å². The monoisotopic (exact) mass is 156 g/mol. The molecule has 62 valence electrons. The number of hydrogen-bond acceptors (Lipinski definition) is 2. The standard InChI is InChI=1S/C7H12N2O2/c1-3-4-5-11-7(10)6(2)9-8/h3-5H2,1-2H3. The van der Waals surface area contributed by atoms with Gasteiger partial charge in [-0.25, -0.2) is 4.79 Å². The Morgan fingerprint density at radius 1 is 1.64 bits per heavy atom. The summed E-state index contributed by atoms with van der Waals surface area (Å²) < 4.78 is 4.71. The predicted molar refractivity (Wildman–Crippen MR) is 40.2 cm³/mol. The Morgan fingerprint density at radius 2 is 2.27 bits per heavy atom. The highest BCUT2D eigenvalue weighted by Gasteiger charge is 2.13. The summed E-state index contributed by atoms with van der Waals surface area (Å²) in [4.78, 5) is 13.4. The van der Waals surface area contributed by atoms with E-state index in [0.29, 0.717) is 6.61 Å². The second kappa shape index (κ2) is 5.62. The van der Waals surface area contributed by atoms with Gasteiger partial charge in [0, 0.05) is 6.92 Å². The first-order chi connectivity index (χ1) is 5.22. The van der Waals surface area contributed by atoms with Crippen molar-refractivity contribution in [2.75, 3.05) is 6.61 Å². The van der Waals surface area contributed by atoms with Crippen LogP contribution in [-0.2, 0) is 9.53 Å². The van der Waals surface area contributed by atoms with Crippen LogP contribution in [0.2, 0.25) is 0 Å². The Labute approximate surface area is 65.8 Å². The van der Waals surface area contributed by atoms with Gasteiger partial charge in [0.25, 0.3) is 0 Å². The molecular weight excluding hydrogens is 144 g/mol. The number of nitrogens with zero attached hydrogens (tertiary/aromatic N) is 2. The molecule has 0 atom stereocenters. The van der Waals surface area contributed by atoms with Gasteiger partial charge in [-0.3, -0.25) is 0 Å². The number of carbonyl (C=O) groups is 1. The van der Waals surface area contributed by atoms with Crippen molar-refractivity contribution in [2.45, 2.75) is 26.7 Å². The van der Waals surface area contributed by atoms with Crippen molar-refractivity contribution < 1.29 is 14.3 Å². The van der Waals surface area contributed by atoms with Crippen LogP contribution >= 0.6 is 0 Å². The molecule has 0 aliphatic carbocycles. The molecule has 0 N–H and O–H groups in total. The molecule has 11 heavy (non-hydrogen) atoms.